The van der Waals surface area contributed by atoms with E-state index in [2.05, 4.69) is 20.9 Å². The number of carbonyl (C=O) groups is 1. The van der Waals surface area contributed by atoms with Crippen LogP contribution < -0.4 is 16.0 Å². The Morgan fingerprint density at radius 2 is 1.92 bits per heavy atom. The van der Waals surface area contributed by atoms with Crippen LogP contribution in [-0.4, -0.2) is 39.5 Å². The van der Waals surface area contributed by atoms with Gasteiger partial charge >= 0.3 is 6.03 Å². The van der Waals surface area contributed by atoms with Gasteiger partial charge in [-0.05, 0) is 92.0 Å². The van der Waals surface area contributed by atoms with Crippen LogP contribution in [0.5, 0.6) is 0 Å². The summed E-state index contributed by atoms with van der Waals surface area (Å²) >= 11 is 5.92. The van der Waals surface area contributed by atoms with Gasteiger partial charge in [0.25, 0.3) is 0 Å². The first-order valence-corrected chi connectivity index (χ1v) is 14.3. The van der Waals surface area contributed by atoms with Crippen molar-refractivity contribution in [1.29, 1.82) is 0 Å². The van der Waals surface area contributed by atoms with Gasteiger partial charge < -0.3 is 20.3 Å². The van der Waals surface area contributed by atoms with Crippen LogP contribution in [0, 0.1) is 29.0 Å². The van der Waals surface area contributed by atoms with Gasteiger partial charge in [-0.2, -0.15) is 0 Å². The topological polar surface area (TPSA) is 91.2 Å². The van der Waals surface area contributed by atoms with E-state index in [1.807, 2.05) is 10.6 Å². The van der Waals surface area contributed by atoms with Crippen LogP contribution in [0.25, 0.3) is 11.3 Å². The predicted octanol–water partition coefficient (Wildman–Crippen LogP) is 5.56. The van der Waals surface area contributed by atoms with E-state index in [-0.39, 0.29) is 23.3 Å². The maximum atomic E-state index is 15.0. The fraction of sp³-hybridized carbons (Fsp3) is 0.467. The molecule has 2 heterocycles. The molecule has 8 rings (SSSR count). The molecule has 0 spiro atoms. The first-order chi connectivity index (χ1) is 18.9. The normalized spacial score (nSPS) is 30.6. The molecule has 3 aromatic rings. The number of benzene rings is 2. The molecule has 4 N–H and O–H groups in total. The van der Waals surface area contributed by atoms with Crippen molar-refractivity contribution in [3.05, 3.63) is 71.4 Å². The molecule has 9 heteroatoms. The molecule has 4 saturated carbocycles. The van der Waals surface area contributed by atoms with Gasteiger partial charge in [-0.15, -0.1) is 0 Å². The fourth-order valence-electron chi connectivity index (χ4n) is 8.48. The summed E-state index contributed by atoms with van der Waals surface area (Å²) in [6, 6.07) is 12.0. The standard InChI is InChI=1S/C30H33ClFN5O2/c31-20-4-6-21(7-5-20)36-29(39)35-15-34-28-18-8-17-9-19(28)13-30(11-17,12-18)26(38)10-24-27-22(2-1-3-23(27)32)25-14-33-16-37(24)25/h1-7,14,16-19,24,26,28,34,38H,8-13,15H2,(H2,35,36,39). The Hall–Kier alpha value is -2.94. The Bertz CT molecular complexity index is 1380. The number of imidazole rings is 1. The number of fused-ring (bicyclic) bond motifs is 3. The molecule has 0 saturated heterocycles. The first kappa shape index (κ1) is 25.1. The van der Waals surface area contributed by atoms with Crippen molar-refractivity contribution < 1.29 is 14.3 Å². The first-order valence-electron chi connectivity index (χ1n) is 13.9. The van der Waals surface area contributed by atoms with Crippen molar-refractivity contribution in [2.45, 2.75) is 56.7 Å². The van der Waals surface area contributed by atoms with Crippen molar-refractivity contribution in [3.63, 3.8) is 0 Å². The number of nitrogens with zero attached hydrogens (tertiary/aromatic N) is 2. The number of aliphatic hydroxyl groups excluding tert-OH is 1. The zero-order valence-electron chi connectivity index (χ0n) is 21.6. The summed E-state index contributed by atoms with van der Waals surface area (Å²) in [6.45, 7) is 0.388. The Balaban J connectivity index is 1.01. The molecular formula is C30H33ClFN5O2. The average molecular weight is 550 g/mol. The summed E-state index contributed by atoms with van der Waals surface area (Å²) in [7, 11) is 0. The maximum Gasteiger partial charge on any atom is 0.320 e. The van der Waals surface area contributed by atoms with Gasteiger partial charge in [-0.1, -0.05) is 23.7 Å². The molecule has 7 nitrogen and oxygen atoms in total. The Morgan fingerprint density at radius 3 is 2.69 bits per heavy atom. The fourth-order valence-corrected chi connectivity index (χ4v) is 8.60. The lowest BCUT2D eigenvalue weighted by molar-refractivity contribution is -0.137. The highest BCUT2D eigenvalue weighted by atomic mass is 35.5. The Morgan fingerprint density at radius 1 is 1.15 bits per heavy atom. The lowest BCUT2D eigenvalue weighted by atomic mass is 9.46. The molecule has 1 aliphatic heterocycles. The number of amides is 2. The number of aliphatic hydroxyl groups is 1. The molecule has 5 aliphatic rings. The molecule has 4 fully saturated rings. The molecule has 4 unspecified atom stereocenters. The molecule has 0 radical (unpaired) electrons. The quantitative estimate of drug-likeness (QED) is 0.290. The van der Waals surface area contributed by atoms with E-state index >= 15 is 0 Å². The second-order valence-electron chi connectivity index (χ2n) is 12.0. The summed E-state index contributed by atoms with van der Waals surface area (Å²) in [6.07, 6.45) is 8.82. The number of anilines is 1. The third-order valence-corrected chi connectivity index (χ3v) is 10.1. The minimum Gasteiger partial charge on any atom is -0.392 e. The molecule has 2 aromatic carbocycles. The second kappa shape index (κ2) is 9.61. The van der Waals surface area contributed by atoms with Crippen LogP contribution >= 0.6 is 11.6 Å². The van der Waals surface area contributed by atoms with Crippen LogP contribution in [0.3, 0.4) is 0 Å². The second-order valence-corrected chi connectivity index (χ2v) is 12.5. The van der Waals surface area contributed by atoms with Crippen LogP contribution in [0.15, 0.2) is 55.0 Å². The number of rotatable bonds is 7. The summed E-state index contributed by atoms with van der Waals surface area (Å²) in [5, 5.41) is 21.8. The monoisotopic (exact) mass is 549 g/mol. The number of carbonyl (C=O) groups excluding carboxylic acids is 1. The number of urea groups is 1. The number of aromatic nitrogens is 2. The molecule has 4 atom stereocenters. The molecule has 4 aliphatic carbocycles. The van der Waals surface area contributed by atoms with Gasteiger partial charge in [-0.25, -0.2) is 14.2 Å². The van der Waals surface area contributed by atoms with E-state index in [1.54, 1.807) is 42.9 Å². The van der Waals surface area contributed by atoms with Crippen molar-refractivity contribution in [2.75, 3.05) is 12.0 Å². The summed E-state index contributed by atoms with van der Waals surface area (Å²) in [5.74, 6) is 1.33. The number of nitrogens with one attached hydrogen (secondary N) is 3. The van der Waals surface area contributed by atoms with Crippen LogP contribution in [0.2, 0.25) is 5.02 Å². The molecule has 204 valence electrons. The summed E-state index contributed by atoms with van der Waals surface area (Å²) < 4.78 is 17.0. The SMILES string of the molecule is O=C(NCNC1C2CC3CC1CC(C(O)CC1c4c(F)cccc4-c4cncn41)(C3)C2)Nc1ccc(Cl)cc1. The van der Waals surface area contributed by atoms with Crippen molar-refractivity contribution in [1.82, 2.24) is 20.2 Å². The largest absolute Gasteiger partial charge is 0.392 e. The van der Waals surface area contributed by atoms with Crippen LogP contribution in [0.1, 0.15) is 50.1 Å². The van der Waals surface area contributed by atoms with Crippen molar-refractivity contribution in [3.8, 4) is 11.3 Å². The minimum atomic E-state index is -0.513. The lowest BCUT2D eigenvalue weighted by Gasteiger charge is -2.61. The average Bonchev–Trinajstić information content (AvgIpc) is 3.50. The van der Waals surface area contributed by atoms with E-state index in [0.29, 0.717) is 53.2 Å². The molecule has 1 aromatic heterocycles. The van der Waals surface area contributed by atoms with E-state index in [4.69, 9.17) is 11.6 Å². The highest BCUT2D eigenvalue weighted by Crippen LogP contribution is 2.62. The predicted molar refractivity (Wildman–Crippen MR) is 148 cm³/mol. The zero-order valence-corrected chi connectivity index (χ0v) is 22.4. The number of halogens is 2. The highest BCUT2D eigenvalue weighted by molar-refractivity contribution is 6.30. The van der Waals surface area contributed by atoms with Gasteiger partial charge in [0.2, 0.25) is 0 Å². The Kier molecular flexibility index (Phi) is 6.17. The van der Waals surface area contributed by atoms with Gasteiger partial charge in [0.1, 0.15) is 5.82 Å². The van der Waals surface area contributed by atoms with Crippen LogP contribution in [0.4, 0.5) is 14.9 Å². The molecular weight excluding hydrogens is 517 g/mol. The number of hydrogen-bond acceptors (Lipinski definition) is 4. The van der Waals surface area contributed by atoms with E-state index in [1.165, 1.54) is 6.07 Å². The molecule has 4 bridgehead atoms. The summed E-state index contributed by atoms with van der Waals surface area (Å²) in [4.78, 5) is 16.7. The smallest absolute Gasteiger partial charge is 0.320 e. The maximum absolute atomic E-state index is 15.0. The van der Waals surface area contributed by atoms with E-state index in [9.17, 15) is 14.3 Å². The third kappa shape index (κ3) is 4.33. The third-order valence-electron chi connectivity index (χ3n) is 9.83. The van der Waals surface area contributed by atoms with Crippen molar-refractivity contribution >= 4 is 23.3 Å². The van der Waals surface area contributed by atoms with Gasteiger partial charge in [-0.3, -0.25) is 5.32 Å². The Labute approximate surface area is 232 Å². The highest BCUT2D eigenvalue weighted by Gasteiger charge is 2.58. The summed E-state index contributed by atoms with van der Waals surface area (Å²) in [5.41, 5.74) is 3.04. The van der Waals surface area contributed by atoms with Crippen molar-refractivity contribution in [2.24, 2.45) is 23.2 Å². The van der Waals surface area contributed by atoms with E-state index < -0.39 is 6.10 Å². The lowest BCUT2D eigenvalue weighted by Crippen LogP contribution is -2.62. The molecule has 2 amide bonds. The van der Waals surface area contributed by atoms with E-state index in [0.717, 1.165) is 43.4 Å². The zero-order chi connectivity index (χ0) is 26.7. The number of hydrogen-bond donors (Lipinski definition) is 4. The minimum absolute atomic E-state index is 0.136. The molecule has 39 heavy (non-hydrogen) atoms. The van der Waals surface area contributed by atoms with Crippen LogP contribution in [-0.2, 0) is 0 Å². The van der Waals surface area contributed by atoms with Gasteiger partial charge in [0.15, 0.2) is 0 Å². The van der Waals surface area contributed by atoms with Gasteiger partial charge in [0, 0.05) is 27.9 Å². The van der Waals surface area contributed by atoms with Gasteiger partial charge in [0.05, 0.1) is 37.0 Å².